The van der Waals surface area contributed by atoms with Gasteiger partial charge in [-0.15, -0.1) is 0 Å². The Labute approximate surface area is 172 Å². The maximum atomic E-state index is 12.5. The lowest BCUT2D eigenvalue weighted by molar-refractivity contribution is 0.104. The number of nitrogens with zero attached hydrogens (tertiary/aromatic N) is 1. The number of rotatable bonds is 9. The van der Waals surface area contributed by atoms with E-state index in [9.17, 15) is 4.79 Å². The number of para-hydroxylation sites is 1. The van der Waals surface area contributed by atoms with Crippen molar-refractivity contribution in [2.75, 3.05) is 32.5 Å². The topological polar surface area (TPSA) is 41.6 Å². The van der Waals surface area contributed by atoms with Gasteiger partial charge in [0.05, 0.1) is 0 Å². The Morgan fingerprint density at radius 1 is 0.931 bits per heavy atom. The highest BCUT2D eigenvalue weighted by molar-refractivity contribution is 6.07. The molecule has 0 atom stereocenters. The lowest BCUT2D eigenvalue weighted by Crippen LogP contribution is -2.20. The van der Waals surface area contributed by atoms with Gasteiger partial charge in [-0.2, -0.15) is 0 Å². The van der Waals surface area contributed by atoms with E-state index in [1.54, 1.807) is 18.2 Å². The molecule has 0 saturated carbocycles. The van der Waals surface area contributed by atoms with Gasteiger partial charge in [0.2, 0.25) is 0 Å². The van der Waals surface area contributed by atoms with Crippen molar-refractivity contribution in [2.45, 2.75) is 0 Å². The molecule has 0 radical (unpaired) electrons. The van der Waals surface area contributed by atoms with E-state index in [1.807, 2.05) is 72.8 Å². The number of benzene rings is 3. The van der Waals surface area contributed by atoms with Gasteiger partial charge in [0.1, 0.15) is 11.5 Å². The van der Waals surface area contributed by atoms with Crippen LogP contribution in [0.1, 0.15) is 15.9 Å². The molecule has 4 heteroatoms. The van der Waals surface area contributed by atoms with Gasteiger partial charge in [0.25, 0.3) is 0 Å². The maximum Gasteiger partial charge on any atom is 0.185 e. The zero-order chi connectivity index (χ0) is 20.5. The van der Waals surface area contributed by atoms with Crippen molar-refractivity contribution in [2.24, 2.45) is 0 Å². The van der Waals surface area contributed by atoms with Gasteiger partial charge in [-0.3, -0.25) is 4.79 Å². The van der Waals surface area contributed by atoms with E-state index in [4.69, 9.17) is 4.74 Å². The highest BCUT2D eigenvalue weighted by atomic mass is 16.5. The molecule has 0 spiro atoms. The molecule has 148 valence electrons. The number of anilines is 1. The number of ether oxygens (including phenoxy) is 1. The fraction of sp³-hybridized carbons (Fsp3) is 0.160. The average molecular weight is 386 g/mol. The van der Waals surface area contributed by atoms with Crippen LogP contribution in [0.2, 0.25) is 0 Å². The number of carbonyl (C=O) groups excluding carboxylic acids is 1. The van der Waals surface area contributed by atoms with Crippen molar-refractivity contribution in [3.63, 3.8) is 0 Å². The summed E-state index contributed by atoms with van der Waals surface area (Å²) in [6, 6.07) is 24.8. The fourth-order valence-electron chi connectivity index (χ4n) is 2.74. The molecule has 3 aromatic rings. The molecule has 0 aliphatic carbocycles. The van der Waals surface area contributed by atoms with Crippen molar-refractivity contribution in [3.8, 4) is 11.5 Å². The highest BCUT2D eigenvalue weighted by Gasteiger charge is 2.04. The Morgan fingerprint density at radius 2 is 1.66 bits per heavy atom. The van der Waals surface area contributed by atoms with E-state index >= 15 is 0 Å². The summed E-state index contributed by atoms with van der Waals surface area (Å²) in [5.41, 5.74) is 2.64. The minimum atomic E-state index is -0.0586. The van der Waals surface area contributed by atoms with Gasteiger partial charge in [0.15, 0.2) is 5.78 Å². The van der Waals surface area contributed by atoms with E-state index < -0.39 is 0 Å². The third kappa shape index (κ3) is 6.63. The quantitative estimate of drug-likeness (QED) is 0.398. The first-order valence-electron chi connectivity index (χ1n) is 9.64. The summed E-state index contributed by atoms with van der Waals surface area (Å²) in [7, 11) is 4.10. The number of allylic oxidation sites excluding steroid dienone is 1. The van der Waals surface area contributed by atoms with E-state index in [1.165, 1.54) is 0 Å². The van der Waals surface area contributed by atoms with Crippen molar-refractivity contribution in [1.29, 1.82) is 0 Å². The maximum absolute atomic E-state index is 12.5. The molecule has 0 unspecified atom stereocenters. The van der Waals surface area contributed by atoms with Crippen molar-refractivity contribution in [1.82, 2.24) is 4.90 Å². The summed E-state index contributed by atoms with van der Waals surface area (Å²) in [5, 5.41) is 3.37. The first-order valence-corrected chi connectivity index (χ1v) is 9.64. The van der Waals surface area contributed by atoms with Crippen LogP contribution in [0.5, 0.6) is 11.5 Å². The van der Waals surface area contributed by atoms with Crippen molar-refractivity contribution in [3.05, 3.63) is 96.1 Å². The van der Waals surface area contributed by atoms with Crippen LogP contribution in [0.3, 0.4) is 0 Å². The molecule has 0 bridgehead atoms. The summed E-state index contributed by atoms with van der Waals surface area (Å²) in [4.78, 5) is 14.7. The normalized spacial score (nSPS) is 11.0. The largest absolute Gasteiger partial charge is 0.457 e. The summed E-state index contributed by atoms with van der Waals surface area (Å²) < 4.78 is 5.81. The summed E-state index contributed by atoms with van der Waals surface area (Å²) >= 11 is 0. The van der Waals surface area contributed by atoms with Crippen LogP contribution in [-0.4, -0.2) is 37.9 Å². The Morgan fingerprint density at radius 3 is 2.38 bits per heavy atom. The van der Waals surface area contributed by atoms with Crippen LogP contribution >= 0.6 is 0 Å². The number of nitrogens with one attached hydrogen (secondary N) is 1. The molecule has 4 nitrogen and oxygen atoms in total. The second kappa shape index (κ2) is 10.2. The number of likely N-dealkylation sites (N-methyl/N-ethyl adjacent to an activating group) is 1. The highest BCUT2D eigenvalue weighted by Crippen LogP contribution is 2.22. The Kier molecular flexibility index (Phi) is 7.20. The Hall–Kier alpha value is -3.37. The molecule has 3 rings (SSSR count). The van der Waals surface area contributed by atoms with Crippen LogP contribution in [0, 0.1) is 0 Å². The molecule has 1 N–H and O–H groups in total. The molecule has 0 fully saturated rings. The van der Waals surface area contributed by atoms with Crippen molar-refractivity contribution >= 4 is 17.5 Å². The van der Waals surface area contributed by atoms with Gasteiger partial charge < -0.3 is 15.0 Å². The summed E-state index contributed by atoms with van der Waals surface area (Å²) in [6.45, 7) is 1.87. The molecule has 3 aromatic carbocycles. The van der Waals surface area contributed by atoms with Gasteiger partial charge >= 0.3 is 0 Å². The third-order valence-electron chi connectivity index (χ3n) is 4.32. The summed E-state index contributed by atoms with van der Waals surface area (Å²) in [6.07, 6.45) is 3.42. The van der Waals surface area contributed by atoms with Crippen LogP contribution in [0.25, 0.3) is 6.08 Å². The second-order valence-electron chi connectivity index (χ2n) is 6.99. The molecule has 0 aliphatic heterocycles. The lowest BCUT2D eigenvalue weighted by atomic mass is 10.1. The molecule has 0 amide bonds. The summed E-state index contributed by atoms with van der Waals surface area (Å²) in [5.74, 6) is 1.33. The third-order valence-corrected chi connectivity index (χ3v) is 4.32. The van der Waals surface area contributed by atoms with E-state index in [0.717, 1.165) is 30.1 Å². The predicted molar refractivity (Wildman–Crippen MR) is 120 cm³/mol. The molecule has 0 aliphatic rings. The van der Waals surface area contributed by atoms with Gasteiger partial charge in [-0.05, 0) is 62.1 Å². The minimum absolute atomic E-state index is 0.0586. The number of hydrogen-bond donors (Lipinski definition) is 1. The zero-order valence-corrected chi connectivity index (χ0v) is 16.8. The number of ketones is 1. The molecule has 0 heterocycles. The second-order valence-corrected chi connectivity index (χ2v) is 6.99. The monoisotopic (exact) mass is 386 g/mol. The molecular weight excluding hydrogens is 360 g/mol. The predicted octanol–water partition coefficient (Wildman–Crippen LogP) is 5.35. The smallest absolute Gasteiger partial charge is 0.185 e. The van der Waals surface area contributed by atoms with Crippen LogP contribution in [0.15, 0.2) is 84.9 Å². The average Bonchev–Trinajstić information content (AvgIpc) is 2.73. The number of carbonyl (C=O) groups is 1. The molecule has 0 aromatic heterocycles. The van der Waals surface area contributed by atoms with Crippen LogP contribution in [0.4, 0.5) is 5.69 Å². The first kappa shape index (κ1) is 20.4. The van der Waals surface area contributed by atoms with E-state index in [0.29, 0.717) is 11.3 Å². The Bertz CT molecular complexity index is 948. The van der Waals surface area contributed by atoms with Crippen molar-refractivity contribution < 1.29 is 9.53 Å². The standard InChI is InChI=1S/C25H26N2O2/c1-27(2)18-17-26-22-14-11-20(12-15-22)13-16-25(28)21-7-6-10-24(19-21)29-23-8-4-3-5-9-23/h3-16,19,26H,17-18H2,1-2H3. The van der Waals surface area contributed by atoms with Gasteiger partial charge in [0, 0.05) is 24.3 Å². The first-order chi connectivity index (χ1) is 14.1. The fourth-order valence-corrected chi connectivity index (χ4v) is 2.74. The van der Waals surface area contributed by atoms with Gasteiger partial charge in [-0.25, -0.2) is 0 Å². The molecule has 29 heavy (non-hydrogen) atoms. The molecule has 0 saturated heterocycles. The van der Waals surface area contributed by atoms with Crippen LogP contribution < -0.4 is 10.1 Å². The minimum Gasteiger partial charge on any atom is -0.457 e. The van der Waals surface area contributed by atoms with Gasteiger partial charge in [-0.1, -0.05) is 48.5 Å². The van der Waals surface area contributed by atoms with E-state index in [2.05, 4.69) is 24.3 Å². The van der Waals surface area contributed by atoms with E-state index in [-0.39, 0.29) is 5.78 Å². The van der Waals surface area contributed by atoms with Crippen LogP contribution in [-0.2, 0) is 0 Å². The Balaban J connectivity index is 1.59. The molecular formula is C25H26N2O2. The number of hydrogen-bond acceptors (Lipinski definition) is 4. The lowest BCUT2D eigenvalue weighted by Gasteiger charge is -2.11. The SMILES string of the molecule is CN(C)CCNc1ccc(C=CC(=O)c2cccc(Oc3ccccc3)c2)cc1. The zero-order valence-electron chi connectivity index (χ0n) is 16.8.